The summed E-state index contributed by atoms with van der Waals surface area (Å²) < 4.78 is 0. The van der Waals surface area contributed by atoms with Crippen LogP contribution in [0.25, 0.3) is 0 Å². The van der Waals surface area contributed by atoms with Gasteiger partial charge in [-0.1, -0.05) is 12.1 Å². The Labute approximate surface area is 82.8 Å². The van der Waals surface area contributed by atoms with E-state index in [0.29, 0.717) is 0 Å². The fourth-order valence-corrected chi connectivity index (χ4v) is 1.73. The first kappa shape index (κ1) is 9.06. The lowest BCUT2D eigenvalue weighted by Gasteiger charge is -2.16. The van der Waals surface area contributed by atoms with Gasteiger partial charge >= 0.3 is 0 Å². The summed E-state index contributed by atoms with van der Waals surface area (Å²) in [5.41, 5.74) is 0.921. The van der Waals surface area contributed by atoms with Crippen molar-refractivity contribution in [2.24, 2.45) is 0 Å². The maximum Gasteiger partial charge on any atom is 0.217 e. The molecule has 3 heteroatoms. The van der Waals surface area contributed by atoms with Gasteiger partial charge in [0, 0.05) is 6.92 Å². The molecule has 1 aromatic carbocycles. The predicted molar refractivity (Wildman–Crippen MR) is 52.8 cm³/mol. The van der Waals surface area contributed by atoms with E-state index in [4.69, 9.17) is 5.11 Å². The van der Waals surface area contributed by atoms with Crippen LogP contribution in [0.2, 0.25) is 0 Å². The Bertz CT molecular complexity index is 352. The maximum absolute atomic E-state index is 11.0. The Morgan fingerprint density at radius 2 is 1.93 bits per heavy atom. The number of carbonyl (C=O) groups is 1. The van der Waals surface area contributed by atoms with Gasteiger partial charge in [0.15, 0.2) is 0 Å². The second-order valence-corrected chi connectivity index (χ2v) is 3.81. The number of benzene rings is 1. The molecule has 1 amide bonds. The van der Waals surface area contributed by atoms with Crippen LogP contribution in [0.3, 0.4) is 0 Å². The van der Waals surface area contributed by atoms with Gasteiger partial charge in [-0.2, -0.15) is 0 Å². The molecule has 1 aliphatic rings. The number of phenols is 1. The van der Waals surface area contributed by atoms with Gasteiger partial charge in [-0.3, -0.25) is 4.79 Å². The lowest BCUT2D eigenvalue weighted by Crippen LogP contribution is -2.32. The van der Waals surface area contributed by atoms with Crippen molar-refractivity contribution in [3.63, 3.8) is 0 Å². The highest BCUT2D eigenvalue weighted by Crippen LogP contribution is 2.45. The van der Waals surface area contributed by atoms with Gasteiger partial charge in [-0.15, -0.1) is 0 Å². The Morgan fingerprint density at radius 3 is 2.36 bits per heavy atom. The van der Waals surface area contributed by atoms with Crippen molar-refractivity contribution >= 4 is 5.91 Å². The van der Waals surface area contributed by atoms with E-state index >= 15 is 0 Å². The Hall–Kier alpha value is -1.51. The zero-order valence-corrected chi connectivity index (χ0v) is 8.08. The standard InChI is InChI=1S/C11H13NO2/c1-8(13)12-11(6-7-11)9-2-4-10(14)5-3-9/h2-5,14H,6-7H2,1H3,(H,12,13). The molecule has 0 aliphatic heterocycles. The van der Waals surface area contributed by atoms with E-state index < -0.39 is 0 Å². The Kier molecular flexibility index (Phi) is 1.95. The molecule has 0 unspecified atom stereocenters. The molecule has 1 aromatic rings. The van der Waals surface area contributed by atoms with Crippen LogP contribution in [0.15, 0.2) is 24.3 Å². The highest BCUT2D eigenvalue weighted by Gasteiger charge is 2.44. The summed E-state index contributed by atoms with van der Waals surface area (Å²) in [6, 6.07) is 7.02. The second-order valence-electron chi connectivity index (χ2n) is 3.81. The number of carbonyl (C=O) groups excluding carboxylic acids is 1. The van der Waals surface area contributed by atoms with Crippen molar-refractivity contribution in [1.29, 1.82) is 0 Å². The predicted octanol–water partition coefficient (Wildman–Crippen LogP) is 1.52. The molecule has 1 fully saturated rings. The highest BCUT2D eigenvalue weighted by molar-refractivity contribution is 5.74. The third kappa shape index (κ3) is 1.58. The summed E-state index contributed by atoms with van der Waals surface area (Å²) in [6.07, 6.45) is 1.97. The normalized spacial score (nSPS) is 17.5. The van der Waals surface area contributed by atoms with E-state index in [0.717, 1.165) is 18.4 Å². The van der Waals surface area contributed by atoms with E-state index in [9.17, 15) is 4.79 Å². The fourth-order valence-electron chi connectivity index (χ4n) is 1.73. The summed E-state index contributed by atoms with van der Waals surface area (Å²) >= 11 is 0. The first-order chi connectivity index (χ1) is 6.62. The average molecular weight is 191 g/mol. The molecular formula is C11H13NO2. The molecule has 0 spiro atoms. The summed E-state index contributed by atoms with van der Waals surface area (Å²) in [5.74, 6) is 0.253. The van der Waals surface area contributed by atoms with Crippen molar-refractivity contribution in [3.8, 4) is 5.75 Å². The molecule has 1 saturated carbocycles. The molecular weight excluding hydrogens is 178 g/mol. The van der Waals surface area contributed by atoms with Crippen LogP contribution in [0, 0.1) is 0 Å². The first-order valence-corrected chi connectivity index (χ1v) is 4.71. The summed E-state index contributed by atoms with van der Waals surface area (Å²) in [7, 11) is 0. The molecule has 2 rings (SSSR count). The third-order valence-electron chi connectivity index (χ3n) is 2.59. The number of rotatable bonds is 2. The largest absolute Gasteiger partial charge is 0.508 e. The molecule has 74 valence electrons. The zero-order chi connectivity index (χ0) is 10.2. The number of amides is 1. The molecule has 0 saturated heterocycles. The maximum atomic E-state index is 11.0. The quantitative estimate of drug-likeness (QED) is 0.744. The minimum Gasteiger partial charge on any atom is -0.508 e. The topological polar surface area (TPSA) is 49.3 Å². The van der Waals surface area contributed by atoms with Crippen molar-refractivity contribution < 1.29 is 9.90 Å². The van der Waals surface area contributed by atoms with Crippen molar-refractivity contribution in [2.45, 2.75) is 25.3 Å². The Balaban J connectivity index is 2.22. The third-order valence-corrected chi connectivity index (χ3v) is 2.59. The number of aromatic hydroxyl groups is 1. The molecule has 0 bridgehead atoms. The lowest BCUT2D eigenvalue weighted by atomic mass is 10.0. The van der Waals surface area contributed by atoms with Crippen LogP contribution in [-0.4, -0.2) is 11.0 Å². The van der Waals surface area contributed by atoms with Crippen LogP contribution >= 0.6 is 0 Å². The summed E-state index contributed by atoms with van der Waals surface area (Å²) in [4.78, 5) is 11.0. The second kappa shape index (κ2) is 3.01. The van der Waals surface area contributed by atoms with Crippen LogP contribution < -0.4 is 5.32 Å². The number of hydrogen-bond acceptors (Lipinski definition) is 2. The van der Waals surface area contributed by atoms with Gasteiger partial charge in [0.25, 0.3) is 0 Å². The molecule has 0 atom stereocenters. The fraction of sp³-hybridized carbons (Fsp3) is 0.364. The van der Waals surface area contributed by atoms with Gasteiger partial charge < -0.3 is 10.4 Å². The van der Waals surface area contributed by atoms with Crippen molar-refractivity contribution in [3.05, 3.63) is 29.8 Å². The average Bonchev–Trinajstić information content (AvgIpc) is 2.85. The highest BCUT2D eigenvalue weighted by atomic mass is 16.3. The van der Waals surface area contributed by atoms with Gasteiger partial charge in [0.05, 0.1) is 5.54 Å². The SMILES string of the molecule is CC(=O)NC1(c2ccc(O)cc2)CC1. The van der Waals surface area contributed by atoms with E-state index in [-0.39, 0.29) is 17.2 Å². The minimum atomic E-state index is -0.153. The summed E-state index contributed by atoms with van der Waals surface area (Å²) in [6.45, 7) is 1.53. The first-order valence-electron chi connectivity index (χ1n) is 4.71. The molecule has 0 heterocycles. The minimum absolute atomic E-state index is 0.00410. The number of phenolic OH excluding ortho intramolecular Hbond substituents is 1. The van der Waals surface area contributed by atoms with E-state index in [1.54, 1.807) is 12.1 Å². The summed E-state index contributed by atoms with van der Waals surface area (Å²) in [5, 5.41) is 12.1. The molecule has 1 aliphatic carbocycles. The Morgan fingerprint density at radius 1 is 1.36 bits per heavy atom. The van der Waals surface area contributed by atoms with Gasteiger partial charge in [0.1, 0.15) is 5.75 Å². The zero-order valence-electron chi connectivity index (χ0n) is 8.08. The van der Waals surface area contributed by atoms with Crippen LogP contribution in [-0.2, 0) is 10.3 Å². The molecule has 14 heavy (non-hydrogen) atoms. The molecule has 0 aromatic heterocycles. The molecule has 0 radical (unpaired) electrons. The van der Waals surface area contributed by atoms with Crippen LogP contribution in [0.4, 0.5) is 0 Å². The lowest BCUT2D eigenvalue weighted by molar-refractivity contribution is -0.120. The van der Waals surface area contributed by atoms with Crippen molar-refractivity contribution in [2.75, 3.05) is 0 Å². The van der Waals surface area contributed by atoms with Gasteiger partial charge in [-0.25, -0.2) is 0 Å². The molecule has 2 N–H and O–H groups in total. The van der Waals surface area contributed by atoms with E-state index in [1.807, 2.05) is 12.1 Å². The monoisotopic (exact) mass is 191 g/mol. The van der Waals surface area contributed by atoms with Crippen LogP contribution in [0.5, 0.6) is 5.75 Å². The van der Waals surface area contributed by atoms with E-state index in [2.05, 4.69) is 5.32 Å². The van der Waals surface area contributed by atoms with Crippen LogP contribution in [0.1, 0.15) is 25.3 Å². The molecule has 3 nitrogen and oxygen atoms in total. The van der Waals surface area contributed by atoms with Gasteiger partial charge in [0.2, 0.25) is 5.91 Å². The van der Waals surface area contributed by atoms with E-state index in [1.165, 1.54) is 6.92 Å². The smallest absolute Gasteiger partial charge is 0.217 e. The van der Waals surface area contributed by atoms with Gasteiger partial charge in [-0.05, 0) is 30.5 Å². The number of nitrogens with one attached hydrogen (secondary N) is 1. The number of hydrogen-bond donors (Lipinski definition) is 2. The van der Waals surface area contributed by atoms with Crippen molar-refractivity contribution in [1.82, 2.24) is 5.32 Å².